The maximum atomic E-state index is 12.4. The van der Waals surface area contributed by atoms with E-state index in [-0.39, 0.29) is 27.6 Å². The van der Waals surface area contributed by atoms with E-state index in [0.29, 0.717) is 0 Å². The molecule has 0 N–H and O–H groups in total. The summed E-state index contributed by atoms with van der Waals surface area (Å²) < 4.78 is 10.9. The monoisotopic (exact) mass is 372 g/mol. The topological polar surface area (TPSA) is 77.3 Å². The average Bonchev–Trinajstić information content (AvgIpc) is 2.35. The molecule has 0 bridgehead atoms. The van der Waals surface area contributed by atoms with Gasteiger partial charge in [0.05, 0.1) is 6.61 Å². The summed E-state index contributed by atoms with van der Waals surface area (Å²) in [6.45, 7) is 22.9. The second-order valence-electron chi connectivity index (χ2n) is 9.97. The maximum Gasteiger partial charge on any atom is 0.452 e. The SMILES string of the molecule is CC(C)COC(=O)/N=N/C(=O)O[Si](C(C)(C)C)(C(C)(C)C)C(C)(C)C. The number of azo groups is 1. The first-order chi connectivity index (χ1) is 11.0. The maximum absolute atomic E-state index is 12.4. The molecule has 0 rings (SSSR count). The number of carbonyl (C=O) groups is 2. The molecular formula is C18H36N2O4Si. The summed E-state index contributed by atoms with van der Waals surface area (Å²) >= 11 is 0. The normalized spacial score (nSPS) is 14.1. The van der Waals surface area contributed by atoms with Crippen molar-refractivity contribution in [1.29, 1.82) is 0 Å². The van der Waals surface area contributed by atoms with Gasteiger partial charge in [-0.1, -0.05) is 86.4 Å². The van der Waals surface area contributed by atoms with E-state index in [9.17, 15) is 9.59 Å². The molecule has 6 nitrogen and oxygen atoms in total. The lowest BCUT2D eigenvalue weighted by Gasteiger charge is -2.56. The van der Waals surface area contributed by atoms with Crippen molar-refractivity contribution in [2.75, 3.05) is 6.61 Å². The van der Waals surface area contributed by atoms with Gasteiger partial charge in [0.2, 0.25) is 0 Å². The molecular weight excluding hydrogens is 336 g/mol. The smallest absolute Gasteiger partial charge is 0.452 e. The fourth-order valence-corrected chi connectivity index (χ4v) is 12.3. The fraction of sp³-hybridized carbons (Fsp3) is 0.889. The molecule has 0 aliphatic rings. The Morgan fingerprint density at radius 3 is 1.48 bits per heavy atom. The Morgan fingerprint density at radius 1 is 0.800 bits per heavy atom. The molecule has 7 heteroatoms. The van der Waals surface area contributed by atoms with E-state index >= 15 is 0 Å². The molecule has 0 heterocycles. The standard InChI is InChI=1S/C18H36N2O4Si/c1-13(2)12-23-14(21)19-20-15(22)24-25(16(3,4)5,17(6,7)8)18(9,10)11/h13H,12H2,1-11H3/b20-19+. The molecule has 0 aromatic heterocycles. The van der Waals surface area contributed by atoms with Crippen LogP contribution in [0.3, 0.4) is 0 Å². The summed E-state index contributed by atoms with van der Waals surface area (Å²) in [5.74, 6) is 0.189. The zero-order valence-electron chi connectivity index (χ0n) is 17.8. The van der Waals surface area contributed by atoms with Crippen LogP contribution in [0.1, 0.15) is 76.2 Å². The third kappa shape index (κ3) is 5.90. The summed E-state index contributed by atoms with van der Waals surface area (Å²) in [7, 11) is -2.73. The molecule has 146 valence electrons. The quantitative estimate of drug-likeness (QED) is 0.407. The van der Waals surface area contributed by atoms with Crippen LogP contribution in [-0.2, 0) is 9.16 Å². The summed E-state index contributed by atoms with van der Waals surface area (Å²) in [5, 5.41) is 6.10. The van der Waals surface area contributed by atoms with Crippen LogP contribution < -0.4 is 0 Å². The van der Waals surface area contributed by atoms with Crippen molar-refractivity contribution in [2.45, 2.75) is 91.3 Å². The fourth-order valence-electron chi connectivity index (χ4n) is 4.33. The van der Waals surface area contributed by atoms with E-state index in [1.54, 1.807) is 0 Å². The van der Waals surface area contributed by atoms with Gasteiger partial charge in [0.1, 0.15) is 0 Å². The van der Waals surface area contributed by atoms with Crippen molar-refractivity contribution >= 4 is 20.5 Å². The third-order valence-corrected chi connectivity index (χ3v) is 11.0. The number of rotatable bonds is 3. The Bertz CT molecular complexity index is 473. The van der Waals surface area contributed by atoms with Gasteiger partial charge in [0.25, 0.3) is 8.32 Å². The Morgan fingerprint density at radius 2 is 1.16 bits per heavy atom. The zero-order chi connectivity index (χ0) is 20.3. The molecule has 0 aliphatic heterocycles. The Hall–Kier alpha value is -1.24. The highest BCUT2D eigenvalue weighted by Crippen LogP contribution is 2.62. The van der Waals surface area contributed by atoms with Gasteiger partial charge in [-0.2, -0.15) is 0 Å². The van der Waals surface area contributed by atoms with E-state index in [1.165, 1.54) is 0 Å². The Balaban J connectivity index is 5.56. The van der Waals surface area contributed by atoms with Crippen LogP contribution >= 0.6 is 0 Å². The minimum atomic E-state index is -2.73. The number of nitrogens with zero attached hydrogens (tertiary/aromatic N) is 2. The van der Waals surface area contributed by atoms with Crippen molar-refractivity contribution in [1.82, 2.24) is 0 Å². The second-order valence-corrected chi connectivity index (χ2v) is 16.0. The van der Waals surface area contributed by atoms with Gasteiger partial charge in [-0.05, 0) is 21.0 Å². The van der Waals surface area contributed by atoms with Crippen molar-refractivity contribution < 1.29 is 18.8 Å². The predicted octanol–water partition coefficient (Wildman–Crippen LogP) is 6.71. The second kappa shape index (κ2) is 7.97. The van der Waals surface area contributed by atoms with Gasteiger partial charge < -0.3 is 9.16 Å². The van der Waals surface area contributed by atoms with Gasteiger partial charge in [-0.25, -0.2) is 9.59 Å². The van der Waals surface area contributed by atoms with E-state index in [2.05, 4.69) is 72.5 Å². The summed E-state index contributed by atoms with van der Waals surface area (Å²) in [6, 6.07) is 0. The molecule has 0 spiro atoms. The molecule has 0 saturated carbocycles. The van der Waals surface area contributed by atoms with Crippen LogP contribution in [0.25, 0.3) is 0 Å². The van der Waals surface area contributed by atoms with Gasteiger partial charge in [0.15, 0.2) is 0 Å². The van der Waals surface area contributed by atoms with Crippen molar-refractivity contribution in [3.63, 3.8) is 0 Å². The van der Waals surface area contributed by atoms with Crippen LogP contribution in [0.5, 0.6) is 0 Å². The zero-order valence-corrected chi connectivity index (χ0v) is 18.8. The van der Waals surface area contributed by atoms with E-state index < -0.39 is 20.5 Å². The number of hydrogen-bond donors (Lipinski definition) is 0. The highest BCUT2D eigenvalue weighted by molar-refractivity contribution is 6.83. The van der Waals surface area contributed by atoms with Crippen LogP contribution in [-0.4, -0.2) is 27.1 Å². The lowest BCUT2D eigenvalue weighted by Crippen LogP contribution is -2.61. The Labute approximate surface area is 153 Å². The van der Waals surface area contributed by atoms with Crippen LogP contribution in [0, 0.1) is 5.92 Å². The van der Waals surface area contributed by atoms with E-state index in [0.717, 1.165) is 0 Å². The largest absolute Gasteiger partial charge is 0.499 e. The molecule has 25 heavy (non-hydrogen) atoms. The van der Waals surface area contributed by atoms with Gasteiger partial charge in [-0.3, -0.25) is 0 Å². The summed E-state index contributed by atoms with van der Waals surface area (Å²) in [6.07, 6.45) is -1.70. The molecule has 0 unspecified atom stereocenters. The Kier molecular flexibility index (Phi) is 7.58. The molecule has 0 aromatic carbocycles. The van der Waals surface area contributed by atoms with Gasteiger partial charge in [-0.15, -0.1) is 0 Å². The number of ether oxygens (including phenoxy) is 1. The number of amides is 2. The molecule has 0 fully saturated rings. The highest BCUT2D eigenvalue weighted by Gasteiger charge is 2.64. The summed E-state index contributed by atoms with van der Waals surface area (Å²) in [4.78, 5) is 23.9. The van der Waals surface area contributed by atoms with Gasteiger partial charge in [0, 0.05) is 0 Å². The van der Waals surface area contributed by atoms with Crippen LogP contribution in [0.4, 0.5) is 9.59 Å². The molecule has 2 amide bonds. The molecule has 0 atom stereocenters. The van der Waals surface area contributed by atoms with E-state index in [4.69, 9.17) is 9.16 Å². The lowest BCUT2D eigenvalue weighted by molar-refractivity contribution is 0.140. The lowest BCUT2D eigenvalue weighted by atomic mass is 10.2. The first kappa shape index (κ1) is 23.8. The van der Waals surface area contributed by atoms with Crippen LogP contribution in [0.2, 0.25) is 15.1 Å². The third-order valence-electron chi connectivity index (χ3n) is 4.16. The van der Waals surface area contributed by atoms with Crippen molar-refractivity contribution in [2.24, 2.45) is 16.1 Å². The van der Waals surface area contributed by atoms with Crippen molar-refractivity contribution in [3.8, 4) is 0 Å². The van der Waals surface area contributed by atoms with E-state index in [1.807, 2.05) is 13.8 Å². The first-order valence-electron chi connectivity index (χ1n) is 8.77. The average molecular weight is 373 g/mol. The van der Waals surface area contributed by atoms with Crippen LogP contribution in [0.15, 0.2) is 10.2 Å². The van der Waals surface area contributed by atoms with Gasteiger partial charge >= 0.3 is 12.2 Å². The minimum Gasteiger partial charge on any atom is -0.499 e. The molecule has 0 radical (unpaired) electrons. The molecule has 0 saturated heterocycles. The molecule has 0 aromatic rings. The molecule has 0 aliphatic carbocycles. The minimum absolute atomic E-state index is 0.189. The first-order valence-corrected chi connectivity index (χ1v) is 10.7. The highest BCUT2D eigenvalue weighted by atomic mass is 28.4. The number of hydrogen-bond acceptors (Lipinski definition) is 4. The summed E-state index contributed by atoms with van der Waals surface area (Å²) in [5.41, 5.74) is 0. The predicted molar refractivity (Wildman–Crippen MR) is 102 cm³/mol. The number of carbonyl (C=O) groups excluding carboxylic acids is 2. The van der Waals surface area contributed by atoms with Crippen molar-refractivity contribution in [3.05, 3.63) is 0 Å².